The first-order chi connectivity index (χ1) is 11.6. The van der Waals surface area contributed by atoms with Crippen molar-refractivity contribution in [3.05, 3.63) is 29.8 Å². The number of nitrogens with zero attached hydrogens (tertiary/aromatic N) is 2. The normalized spacial score (nSPS) is 13.8. The second-order valence-corrected chi connectivity index (χ2v) is 6.02. The highest BCUT2D eigenvalue weighted by atomic mass is 32.2. The Labute approximate surface area is 145 Å². The fourth-order valence-corrected chi connectivity index (χ4v) is 2.80. The number of carbonyl (C=O) groups excluding carboxylic acids is 3. The predicted octanol–water partition coefficient (Wildman–Crippen LogP) is 2.21. The van der Waals surface area contributed by atoms with Crippen LogP contribution in [0.5, 0.6) is 0 Å². The van der Waals surface area contributed by atoms with E-state index in [-0.39, 0.29) is 18.5 Å². The van der Waals surface area contributed by atoms with Crippen molar-refractivity contribution in [2.45, 2.75) is 13.3 Å². The molecule has 0 unspecified atom stereocenters. The lowest BCUT2D eigenvalue weighted by molar-refractivity contribution is -0.136. The summed E-state index contributed by atoms with van der Waals surface area (Å²) in [6.45, 7) is 3.05. The first-order valence-electron chi connectivity index (χ1n) is 7.71. The number of esters is 1. The molecule has 1 aromatic rings. The van der Waals surface area contributed by atoms with Gasteiger partial charge in [-0.05, 0) is 37.8 Å². The minimum atomic E-state index is -0.438. The summed E-state index contributed by atoms with van der Waals surface area (Å²) in [7, 11) is 0. The van der Waals surface area contributed by atoms with Gasteiger partial charge in [-0.1, -0.05) is 6.07 Å². The molecule has 1 saturated heterocycles. The van der Waals surface area contributed by atoms with E-state index in [4.69, 9.17) is 4.74 Å². The number of amides is 3. The minimum absolute atomic E-state index is 0.0876. The summed E-state index contributed by atoms with van der Waals surface area (Å²) < 4.78 is 4.95. The molecule has 0 spiro atoms. The van der Waals surface area contributed by atoms with Gasteiger partial charge in [-0.2, -0.15) is 11.8 Å². The fourth-order valence-electron chi connectivity index (χ4n) is 2.41. The largest absolute Gasteiger partial charge is 0.462 e. The molecule has 7 nitrogen and oxygen atoms in total. The lowest BCUT2D eigenvalue weighted by Crippen LogP contribution is -2.47. The number of anilines is 1. The lowest BCUT2D eigenvalue weighted by Gasteiger charge is -2.27. The Kier molecular flexibility index (Phi) is 6.48. The van der Waals surface area contributed by atoms with Crippen molar-refractivity contribution in [2.24, 2.45) is 0 Å². The third kappa shape index (κ3) is 4.41. The average molecular weight is 351 g/mol. The zero-order valence-electron chi connectivity index (χ0n) is 13.8. The molecule has 1 N–H and O–H groups in total. The molecule has 1 aliphatic rings. The highest BCUT2D eigenvalue weighted by Gasteiger charge is 2.30. The van der Waals surface area contributed by atoms with Crippen LogP contribution in [0.3, 0.4) is 0 Å². The second kappa shape index (κ2) is 8.58. The molecular formula is C16H21N3O4S. The van der Waals surface area contributed by atoms with Crippen LogP contribution in [-0.2, 0) is 9.53 Å². The van der Waals surface area contributed by atoms with Crippen LogP contribution in [0.4, 0.5) is 10.5 Å². The second-order valence-electron chi connectivity index (χ2n) is 5.16. The predicted molar refractivity (Wildman–Crippen MR) is 92.8 cm³/mol. The highest BCUT2D eigenvalue weighted by Crippen LogP contribution is 2.17. The number of ether oxygens (including phenoxy) is 1. The molecule has 0 bridgehead atoms. The summed E-state index contributed by atoms with van der Waals surface area (Å²) in [5, 5.41) is 5.61. The van der Waals surface area contributed by atoms with Crippen molar-refractivity contribution in [1.29, 1.82) is 0 Å². The van der Waals surface area contributed by atoms with E-state index in [1.165, 1.54) is 21.8 Å². The Bertz CT molecular complexity index is 623. The molecule has 1 heterocycles. The van der Waals surface area contributed by atoms with Gasteiger partial charge in [-0.25, -0.2) is 19.6 Å². The van der Waals surface area contributed by atoms with Crippen molar-refractivity contribution in [3.63, 3.8) is 0 Å². The molecular weight excluding hydrogens is 330 g/mol. The molecule has 2 rings (SSSR count). The molecule has 130 valence electrons. The summed E-state index contributed by atoms with van der Waals surface area (Å²) in [5.74, 6) is -0.191. The summed E-state index contributed by atoms with van der Waals surface area (Å²) in [5.41, 5.74) is 0.848. The van der Waals surface area contributed by atoms with Gasteiger partial charge in [-0.15, -0.1) is 0 Å². The zero-order chi connectivity index (χ0) is 17.5. The van der Waals surface area contributed by atoms with Crippen LogP contribution in [0, 0.1) is 0 Å². The van der Waals surface area contributed by atoms with E-state index >= 15 is 0 Å². The van der Waals surface area contributed by atoms with Crippen molar-refractivity contribution in [2.75, 3.05) is 37.0 Å². The number of carbonyl (C=O) groups is 3. The van der Waals surface area contributed by atoms with Gasteiger partial charge in [0.25, 0.3) is 5.91 Å². The van der Waals surface area contributed by atoms with Gasteiger partial charge in [0, 0.05) is 18.8 Å². The van der Waals surface area contributed by atoms with E-state index in [0.717, 1.165) is 6.42 Å². The molecule has 0 saturated carbocycles. The van der Waals surface area contributed by atoms with Gasteiger partial charge in [0.1, 0.15) is 0 Å². The summed E-state index contributed by atoms with van der Waals surface area (Å²) in [6.07, 6.45) is 2.59. The summed E-state index contributed by atoms with van der Waals surface area (Å²) >= 11 is 1.42. The van der Waals surface area contributed by atoms with Gasteiger partial charge in [-0.3, -0.25) is 4.79 Å². The molecule has 0 aromatic heterocycles. The fraction of sp³-hybridized carbons (Fsp3) is 0.438. The van der Waals surface area contributed by atoms with Gasteiger partial charge < -0.3 is 10.1 Å². The first kappa shape index (κ1) is 18.1. The van der Waals surface area contributed by atoms with Gasteiger partial charge >= 0.3 is 12.0 Å². The van der Waals surface area contributed by atoms with Crippen molar-refractivity contribution < 1.29 is 19.1 Å². The van der Waals surface area contributed by atoms with E-state index in [0.29, 0.717) is 30.1 Å². The third-order valence-corrected chi connectivity index (χ3v) is 3.98. The van der Waals surface area contributed by atoms with Gasteiger partial charge in [0.15, 0.2) is 0 Å². The number of benzene rings is 1. The van der Waals surface area contributed by atoms with E-state index in [1.54, 1.807) is 31.2 Å². The van der Waals surface area contributed by atoms with Crippen LogP contribution in [0.25, 0.3) is 0 Å². The lowest BCUT2D eigenvalue weighted by atomic mass is 10.2. The smallest absolute Gasteiger partial charge is 0.340 e. The summed E-state index contributed by atoms with van der Waals surface area (Å²) in [4.78, 5) is 36.2. The number of thioether (sulfide) groups is 1. The van der Waals surface area contributed by atoms with Crippen LogP contribution in [0.2, 0.25) is 0 Å². The maximum atomic E-state index is 12.4. The topological polar surface area (TPSA) is 79.0 Å². The van der Waals surface area contributed by atoms with Crippen LogP contribution in [0.15, 0.2) is 24.3 Å². The molecule has 24 heavy (non-hydrogen) atoms. The van der Waals surface area contributed by atoms with Gasteiger partial charge in [0.2, 0.25) is 0 Å². The first-order valence-corrected chi connectivity index (χ1v) is 9.11. The average Bonchev–Trinajstić information content (AvgIpc) is 3.05. The van der Waals surface area contributed by atoms with E-state index < -0.39 is 5.97 Å². The molecule has 1 aromatic carbocycles. The van der Waals surface area contributed by atoms with Crippen molar-refractivity contribution in [1.82, 2.24) is 10.0 Å². The number of hydrogen-bond acceptors (Lipinski definition) is 5. The van der Waals surface area contributed by atoms with Crippen molar-refractivity contribution in [3.8, 4) is 0 Å². The number of rotatable bonds is 5. The van der Waals surface area contributed by atoms with Gasteiger partial charge in [0.05, 0.1) is 17.9 Å². The number of nitrogens with one attached hydrogen (secondary N) is 1. The molecule has 1 aliphatic heterocycles. The molecule has 3 amide bonds. The minimum Gasteiger partial charge on any atom is -0.462 e. The Morgan fingerprint density at radius 1 is 1.25 bits per heavy atom. The molecule has 1 fully saturated rings. The van der Waals surface area contributed by atoms with Crippen LogP contribution in [-0.4, -0.2) is 59.6 Å². The Hall–Kier alpha value is -2.22. The number of hydrazine groups is 1. The SMILES string of the molecule is CCOC(=O)c1cccc(NC(=O)N2CCCN2C(=O)CSC)c1. The number of hydrogen-bond donors (Lipinski definition) is 1. The zero-order valence-corrected chi connectivity index (χ0v) is 14.6. The Balaban J connectivity index is 2.05. The third-order valence-electron chi connectivity index (χ3n) is 3.45. The van der Waals surface area contributed by atoms with Crippen LogP contribution < -0.4 is 5.32 Å². The molecule has 8 heteroatoms. The van der Waals surface area contributed by atoms with Crippen LogP contribution >= 0.6 is 11.8 Å². The highest BCUT2D eigenvalue weighted by molar-refractivity contribution is 7.99. The van der Waals surface area contributed by atoms with Crippen molar-refractivity contribution >= 4 is 35.4 Å². The van der Waals surface area contributed by atoms with E-state index in [2.05, 4.69) is 5.32 Å². The maximum absolute atomic E-state index is 12.4. The van der Waals surface area contributed by atoms with E-state index in [1.807, 2.05) is 6.26 Å². The Morgan fingerprint density at radius 2 is 2.00 bits per heavy atom. The molecule has 0 atom stereocenters. The van der Waals surface area contributed by atoms with Crippen LogP contribution in [0.1, 0.15) is 23.7 Å². The maximum Gasteiger partial charge on any atom is 0.340 e. The molecule has 0 radical (unpaired) electrons. The summed E-state index contributed by atoms with van der Waals surface area (Å²) in [6, 6.07) is 6.15. The Morgan fingerprint density at radius 3 is 2.71 bits per heavy atom. The standard InChI is InChI=1S/C16H21N3O4S/c1-3-23-15(21)12-6-4-7-13(10-12)17-16(22)19-9-5-8-18(19)14(20)11-24-2/h4,6-7,10H,3,5,8-9,11H2,1-2H3,(H,17,22). The monoisotopic (exact) mass is 351 g/mol. The quantitative estimate of drug-likeness (QED) is 0.823. The molecule has 0 aliphatic carbocycles. The number of urea groups is 1. The van der Waals surface area contributed by atoms with E-state index in [9.17, 15) is 14.4 Å².